The Hall–Kier alpha value is 0.400. The average Bonchev–Trinajstić information content (AvgIpc) is 1.63. The minimum absolute atomic E-state index is 0.211. The fourth-order valence-electron chi connectivity index (χ4n) is 0.764. The third-order valence-electron chi connectivity index (χ3n) is 1.08. The lowest BCUT2D eigenvalue weighted by molar-refractivity contribution is -0.879. The summed E-state index contributed by atoms with van der Waals surface area (Å²) in [5, 5.41) is 8.98. The third kappa shape index (κ3) is 4.88. The highest BCUT2D eigenvalue weighted by atomic mass is 79.9. The predicted molar refractivity (Wildman–Crippen MR) is 42.5 cm³/mol. The zero-order valence-corrected chi connectivity index (χ0v) is 7.85. The van der Waals surface area contributed by atoms with Gasteiger partial charge >= 0.3 is 0 Å². The van der Waals surface area contributed by atoms with Crippen molar-refractivity contribution >= 4 is 15.9 Å². The van der Waals surface area contributed by atoms with E-state index >= 15 is 0 Å². The Labute approximate surface area is 65.2 Å². The van der Waals surface area contributed by atoms with Gasteiger partial charge < -0.3 is 9.59 Å². The number of aliphatic hydroxyl groups excluding tert-OH is 1. The molecule has 0 bridgehead atoms. The van der Waals surface area contributed by atoms with Crippen LogP contribution in [-0.2, 0) is 0 Å². The summed E-state index contributed by atoms with van der Waals surface area (Å²) in [6.45, 7) is 2.61. The van der Waals surface area contributed by atoms with Crippen LogP contribution in [0.25, 0.3) is 0 Å². The van der Waals surface area contributed by atoms with Gasteiger partial charge in [0.15, 0.2) is 0 Å². The maximum atomic E-state index is 8.98. The summed E-state index contributed by atoms with van der Waals surface area (Å²) < 4.78 is 0.817. The lowest BCUT2D eigenvalue weighted by Crippen LogP contribution is -2.43. The number of hydrogen-bond donors (Lipinski definition) is 1. The molecule has 0 aromatic carbocycles. The van der Waals surface area contributed by atoms with Crippen LogP contribution >= 0.6 is 15.9 Å². The minimum atomic E-state index is -0.211. The molecule has 1 N–H and O–H groups in total. The number of halogens is 1. The van der Waals surface area contributed by atoms with Crippen molar-refractivity contribution in [2.24, 2.45) is 0 Å². The molecular weight excluding hydrogens is 182 g/mol. The highest BCUT2D eigenvalue weighted by Gasteiger charge is 2.14. The molecule has 0 aromatic rings. The van der Waals surface area contributed by atoms with Gasteiger partial charge in [-0.1, -0.05) is 0 Å². The van der Waals surface area contributed by atoms with E-state index < -0.39 is 0 Å². The van der Waals surface area contributed by atoms with Crippen molar-refractivity contribution in [1.29, 1.82) is 0 Å². The number of quaternary nitrogens is 1. The summed E-state index contributed by atoms with van der Waals surface area (Å²) in [6.07, 6.45) is -0.211. The highest BCUT2D eigenvalue weighted by Crippen LogP contribution is 2.02. The van der Waals surface area contributed by atoms with Gasteiger partial charge in [0.1, 0.15) is 18.1 Å². The number of hydrogen-bond acceptors (Lipinski definition) is 1. The molecule has 0 saturated heterocycles. The molecule has 0 aromatic heterocycles. The van der Waals surface area contributed by atoms with Gasteiger partial charge in [-0.25, -0.2) is 0 Å². The Bertz CT molecular complexity index is 83.1. The average molecular weight is 197 g/mol. The lowest BCUT2D eigenvalue weighted by atomic mass is 10.3. The monoisotopic (exact) mass is 196 g/mol. The maximum absolute atomic E-state index is 8.98. The number of alkyl halides is 1. The summed E-state index contributed by atoms with van der Waals surface area (Å²) in [4.78, 5) is 0. The van der Waals surface area contributed by atoms with Gasteiger partial charge in [0.05, 0.1) is 14.1 Å². The molecule has 56 valence electrons. The zero-order valence-electron chi connectivity index (χ0n) is 6.26. The molecule has 0 aliphatic carbocycles. The Balaban J connectivity index is 3.58. The van der Waals surface area contributed by atoms with Crippen molar-refractivity contribution in [1.82, 2.24) is 0 Å². The van der Waals surface area contributed by atoms with Crippen molar-refractivity contribution in [2.45, 2.75) is 13.0 Å². The number of rotatable bonds is 3. The Morgan fingerprint density at radius 3 is 2.11 bits per heavy atom. The first-order chi connectivity index (χ1) is 3.98. The number of nitrogens with zero attached hydrogens (tertiary/aromatic N) is 1. The van der Waals surface area contributed by atoms with Crippen LogP contribution in [0.3, 0.4) is 0 Å². The van der Waals surface area contributed by atoms with Crippen LogP contribution in [0.15, 0.2) is 0 Å². The Kier molecular flexibility index (Phi) is 3.70. The van der Waals surface area contributed by atoms with E-state index in [-0.39, 0.29) is 6.10 Å². The molecule has 3 heteroatoms. The first-order valence-electron chi connectivity index (χ1n) is 3.04. The molecule has 2 nitrogen and oxygen atoms in total. The van der Waals surface area contributed by atoms with E-state index in [2.05, 4.69) is 30.0 Å². The largest absolute Gasteiger partial charge is 0.388 e. The topological polar surface area (TPSA) is 20.2 Å². The molecule has 0 spiro atoms. The Morgan fingerprint density at radius 1 is 1.56 bits per heavy atom. The van der Waals surface area contributed by atoms with Gasteiger partial charge in [-0.15, -0.1) is 0 Å². The van der Waals surface area contributed by atoms with Crippen molar-refractivity contribution in [3.63, 3.8) is 0 Å². The van der Waals surface area contributed by atoms with E-state index in [1.165, 1.54) is 0 Å². The van der Waals surface area contributed by atoms with Gasteiger partial charge in [-0.2, -0.15) is 0 Å². The van der Waals surface area contributed by atoms with E-state index in [0.717, 1.165) is 16.5 Å². The first kappa shape index (κ1) is 9.40. The summed E-state index contributed by atoms with van der Waals surface area (Å²) in [6, 6.07) is 0. The fraction of sp³-hybridized carbons (Fsp3) is 1.00. The third-order valence-corrected chi connectivity index (χ3v) is 2.44. The van der Waals surface area contributed by atoms with Crippen LogP contribution in [0.2, 0.25) is 0 Å². The Morgan fingerprint density at radius 2 is 2.00 bits per heavy atom. The molecule has 0 aliphatic rings. The second kappa shape index (κ2) is 3.54. The normalized spacial score (nSPS) is 15.7. The van der Waals surface area contributed by atoms with E-state index in [9.17, 15) is 0 Å². The molecule has 0 amide bonds. The van der Waals surface area contributed by atoms with Gasteiger partial charge in [0, 0.05) is 0 Å². The standard InChI is InChI=1S/C6H15BrNO/c1-6(9)4-8(2,3)5-7/h6,9H,4-5H2,1-3H3/q+1. The molecule has 1 unspecified atom stereocenters. The second-order valence-corrected chi connectivity index (χ2v) is 3.59. The van der Waals surface area contributed by atoms with E-state index in [1.807, 2.05) is 6.92 Å². The SMILES string of the molecule is CC(O)C[N+](C)(C)CBr. The number of aliphatic hydroxyl groups is 1. The van der Waals surface area contributed by atoms with Gasteiger partial charge in [-0.3, -0.25) is 0 Å². The fourth-order valence-corrected chi connectivity index (χ4v) is 0.969. The summed E-state index contributed by atoms with van der Waals surface area (Å²) in [7, 11) is 4.14. The maximum Gasteiger partial charge on any atom is 0.134 e. The summed E-state index contributed by atoms with van der Waals surface area (Å²) in [5.41, 5.74) is 0.887. The van der Waals surface area contributed by atoms with Crippen LogP contribution in [0.4, 0.5) is 0 Å². The molecule has 0 rings (SSSR count). The van der Waals surface area contributed by atoms with Crippen LogP contribution in [-0.4, -0.2) is 41.8 Å². The highest BCUT2D eigenvalue weighted by molar-refractivity contribution is 9.09. The van der Waals surface area contributed by atoms with Crippen LogP contribution in [0.5, 0.6) is 0 Å². The minimum Gasteiger partial charge on any atom is -0.388 e. The number of likely N-dealkylation sites (N-methyl/N-ethyl adjacent to an activating group) is 1. The van der Waals surface area contributed by atoms with Gasteiger partial charge in [-0.05, 0) is 22.9 Å². The molecule has 0 radical (unpaired) electrons. The molecule has 9 heavy (non-hydrogen) atoms. The predicted octanol–water partition coefficient (Wildman–Crippen LogP) is 0.796. The summed E-state index contributed by atoms with van der Waals surface area (Å²) >= 11 is 3.36. The molecular formula is C6H15BrNO+. The van der Waals surface area contributed by atoms with Crippen LogP contribution in [0, 0.1) is 0 Å². The molecule has 0 aliphatic heterocycles. The van der Waals surface area contributed by atoms with E-state index in [1.54, 1.807) is 0 Å². The van der Waals surface area contributed by atoms with Crippen molar-refractivity contribution in [2.75, 3.05) is 26.1 Å². The lowest BCUT2D eigenvalue weighted by Gasteiger charge is -2.28. The van der Waals surface area contributed by atoms with E-state index in [4.69, 9.17) is 5.11 Å². The molecule has 1 atom stereocenters. The summed E-state index contributed by atoms with van der Waals surface area (Å²) in [5.74, 6) is 0. The zero-order chi connectivity index (χ0) is 7.49. The van der Waals surface area contributed by atoms with E-state index in [0.29, 0.717) is 0 Å². The van der Waals surface area contributed by atoms with Crippen molar-refractivity contribution in [3.05, 3.63) is 0 Å². The smallest absolute Gasteiger partial charge is 0.134 e. The molecule has 0 fully saturated rings. The first-order valence-corrected chi connectivity index (χ1v) is 4.16. The molecule has 0 saturated carbocycles. The van der Waals surface area contributed by atoms with Crippen molar-refractivity contribution in [3.8, 4) is 0 Å². The molecule has 0 heterocycles. The van der Waals surface area contributed by atoms with Gasteiger partial charge in [0.2, 0.25) is 0 Å². The quantitative estimate of drug-likeness (QED) is 0.403. The van der Waals surface area contributed by atoms with Crippen molar-refractivity contribution < 1.29 is 9.59 Å². The van der Waals surface area contributed by atoms with Gasteiger partial charge in [0.25, 0.3) is 0 Å². The second-order valence-electron chi connectivity index (χ2n) is 3.09. The van der Waals surface area contributed by atoms with Crippen LogP contribution in [0.1, 0.15) is 6.92 Å². The van der Waals surface area contributed by atoms with Crippen LogP contribution < -0.4 is 0 Å².